The summed E-state index contributed by atoms with van der Waals surface area (Å²) in [5.41, 5.74) is 2.31. The predicted molar refractivity (Wildman–Crippen MR) is 68.5 cm³/mol. The summed E-state index contributed by atoms with van der Waals surface area (Å²) >= 11 is 12.6. The Kier molecular flexibility index (Phi) is 7.10. The molecule has 0 amide bonds. The molecule has 0 radical (unpaired) electrons. The highest BCUT2D eigenvalue weighted by Gasteiger charge is 2.01. The van der Waals surface area contributed by atoms with Crippen LogP contribution >= 0.6 is 43.5 Å². The maximum Gasteiger partial charge on any atom is 0.0170 e. The molecule has 0 aromatic heterocycles. The first-order valence-electron chi connectivity index (χ1n) is 3.95. The lowest BCUT2D eigenvalue weighted by molar-refractivity contribution is 0.978. The summed E-state index contributed by atoms with van der Waals surface area (Å²) in [6, 6.07) is 0. The van der Waals surface area contributed by atoms with Crippen molar-refractivity contribution in [3.8, 4) is 0 Å². The van der Waals surface area contributed by atoms with Crippen LogP contribution in [0.25, 0.3) is 0 Å². The predicted octanol–water partition coefficient (Wildman–Crippen LogP) is 5.49. The van der Waals surface area contributed by atoms with Gasteiger partial charge in [-0.15, -0.1) is 0 Å². The van der Waals surface area contributed by atoms with Crippen molar-refractivity contribution in [2.75, 3.05) is 0 Å². The van der Waals surface area contributed by atoms with Gasteiger partial charge in [-0.2, -0.15) is 0 Å². The van der Waals surface area contributed by atoms with Gasteiger partial charge in [-0.05, 0) is 37.2 Å². The summed E-state index contributed by atoms with van der Waals surface area (Å²) in [7, 11) is 0. The monoisotopic (exact) mass is 326 g/mol. The van der Waals surface area contributed by atoms with E-state index in [-0.39, 0.29) is 0 Å². The van der Waals surface area contributed by atoms with Gasteiger partial charge in [0.25, 0.3) is 0 Å². The van der Waals surface area contributed by atoms with Gasteiger partial charge in [0, 0.05) is 9.51 Å². The van der Waals surface area contributed by atoms with Crippen LogP contribution in [0, 0.1) is 0 Å². The molecule has 0 aliphatic heterocycles. The van der Waals surface area contributed by atoms with Crippen LogP contribution in [0.1, 0.15) is 26.7 Å². The van der Waals surface area contributed by atoms with Crippen LogP contribution in [0.15, 0.2) is 32.2 Å². The topological polar surface area (TPSA) is 0 Å². The molecule has 0 saturated heterocycles. The molecule has 0 saturated carbocycles. The third kappa shape index (κ3) is 5.71. The maximum absolute atomic E-state index is 6.01. The molecule has 74 valence electrons. The summed E-state index contributed by atoms with van der Waals surface area (Å²) in [5.74, 6) is 0. The maximum atomic E-state index is 6.01. The first-order valence-corrected chi connectivity index (χ1v) is 6.03. The minimum Gasteiger partial charge on any atom is -0.0892 e. The molecule has 0 unspecified atom stereocenters. The molecule has 0 fully saturated rings. The zero-order valence-corrected chi connectivity index (χ0v) is 11.8. The lowest BCUT2D eigenvalue weighted by atomic mass is 10.1. The first kappa shape index (κ1) is 13.5. The molecule has 3 heteroatoms. The highest BCUT2D eigenvalue weighted by molar-refractivity contribution is 9.12. The van der Waals surface area contributed by atoms with Crippen LogP contribution in [0.3, 0.4) is 0 Å². The van der Waals surface area contributed by atoms with Crippen LogP contribution in [0.5, 0.6) is 0 Å². The van der Waals surface area contributed by atoms with E-state index in [0.717, 1.165) is 27.9 Å². The van der Waals surface area contributed by atoms with E-state index < -0.39 is 0 Å². The van der Waals surface area contributed by atoms with E-state index in [2.05, 4.69) is 38.4 Å². The highest BCUT2D eigenvalue weighted by atomic mass is 79.9. The fraction of sp³-hybridized carbons (Fsp3) is 0.400. The molecule has 13 heavy (non-hydrogen) atoms. The molecule has 0 aromatic rings. The Morgan fingerprint density at radius 2 is 1.92 bits per heavy atom. The van der Waals surface area contributed by atoms with Gasteiger partial charge < -0.3 is 0 Å². The third-order valence-corrected chi connectivity index (χ3v) is 3.27. The van der Waals surface area contributed by atoms with Gasteiger partial charge in [-0.25, -0.2) is 0 Å². The van der Waals surface area contributed by atoms with Crippen molar-refractivity contribution in [3.05, 3.63) is 32.2 Å². The lowest BCUT2D eigenvalue weighted by Crippen LogP contribution is -1.84. The Labute approximate surface area is 102 Å². The van der Waals surface area contributed by atoms with E-state index in [4.69, 9.17) is 11.6 Å². The third-order valence-electron chi connectivity index (χ3n) is 1.64. The van der Waals surface area contributed by atoms with Gasteiger partial charge >= 0.3 is 0 Å². The number of hydrogen-bond donors (Lipinski definition) is 0. The van der Waals surface area contributed by atoms with E-state index in [1.54, 1.807) is 0 Å². The van der Waals surface area contributed by atoms with Crippen molar-refractivity contribution in [2.24, 2.45) is 0 Å². The van der Waals surface area contributed by atoms with Crippen LogP contribution < -0.4 is 0 Å². The number of hydrogen-bond acceptors (Lipinski definition) is 0. The Morgan fingerprint density at radius 3 is 2.23 bits per heavy atom. The summed E-state index contributed by atoms with van der Waals surface area (Å²) in [6.45, 7) is 7.84. The van der Waals surface area contributed by atoms with E-state index in [9.17, 15) is 0 Å². The van der Waals surface area contributed by atoms with Crippen molar-refractivity contribution in [3.63, 3.8) is 0 Å². The number of allylic oxidation sites excluding steroid dienone is 4. The fourth-order valence-electron chi connectivity index (χ4n) is 0.744. The molecule has 0 rings (SSSR count). The minimum atomic E-state index is 0.867. The van der Waals surface area contributed by atoms with Crippen LogP contribution in [-0.2, 0) is 0 Å². The van der Waals surface area contributed by atoms with Crippen molar-refractivity contribution < 1.29 is 0 Å². The second-order valence-corrected chi connectivity index (χ2v) is 4.82. The first-order chi connectivity index (χ1) is 5.99. The molecule has 0 heterocycles. The average molecular weight is 328 g/mol. The SMILES string of the molecule is C=C(Br)/C(=C/Br)CCC(Cl)=C(C)C. The van der Waals surface area contributed by atoms with E-state index in [0.29, 0.717) is 0 Å². The Bertz CT molecular complexity index is 248. The van der Waals surface area contributed by atoms with E-state index in [1.165, 1.54) is 5.57 Å². The van der Waals surface area contributed by atoms with Gasteiger partial charge in [0.05, 0.1) is 0 Å². The number of halogens is 3. The standard InChI is InChI=1S/C10H13Br2Cl/c1-7(2)10(13)5-4-9(6-11)8(3)12/h6H,3-5H2,1-2H3/b9-6+. The molecular formula is C10H13Br2Cl. The average Bonchev–Trinajstić information content (AvgIpc) is 2.04. The molecule has 0 spiro atoms. The minimum absolute atomic E-state index is 0.867. The lowest BCUT2D eigenvalue weighted by Gasteiger charge is -2.04. The van der Waals surface area contributed by atoms with Crippen LogP contribution in [-0.4, -0.2) is 0 Å². The Morgan fingerprint density at radius 1 is 1.38 bits per heavy atom. The van der Waals surface area contributed by atoms with Crippen molar-refractivity contribution in [1.82, 2.24) is 0 Å². The van der Waals surface area contributed by atoms with Crippen LogP contribution in [0.4, 0.5) is 0 Å². The Balaban J connectivity index is 4.18. The molecule has 0 aliphatic carbocycles. The molecule has 0 nitrogen and oxygen atoms in total. The van der Waals surface area contributed by atoms with E-state index >= 15 is 0 Å². The summed E-state index contributed by atoms with van der Waals surface area (Å²) in [5, 5.41) is 0.931. The molecule has 0 bridgehead atoms. The van der Waals surface area contributed by atoms with Gasteiger partial charge in [0.2, 0.25) is 0 Å². The van der Waals surface area contributed by atoms with Crippen molar-refractivity contribution in [1.29, 1.82) is 0 Å². The van der Waals surface area contributed by atoms with Gasteiger partial charge in [0.15, 0.2) is 0 Å². The quantitative estimate of drug-likeness (QED) is 0.599. The van der Waals surface area contributed by atoms with Crippen LogP contribution in [0.2, 0.25) is 0 Å². The summed E-state index contributed by atoms with van der Waals surface area (Å²) < 4.78 is 0.905. The van der Waals surface area contributed by atoms with Crippen molar-refractivity contribution >= 4 is 43.5 Å². The molecule has 0 aromatic carbocycles. The number of rotatable bonds is 4. The highest BCUT2D eigenvalue weighted by Crippen LogP contribution is 2.25. The van der Waals surface area contributed by atoms with E-state index in [1.807, 2.05) is 18.8 Å². The second-order valence-electron chi connectivity index (χ2n) is 2.94. The fourth-order valence-corrected chi connectivity index (χ4v) is 1.96. The normalized spacial score (nSPS) is 11.3. The molecule has 0 N–H and O–H groups in total. The van der Waals surface area contributed by atoms with Gasteiger partial charge in [-0.1, -0.05) is 55.6 Å². The zero-order valence-electron chi connectivity index (χ0n) is 7.83. The summed E-state index contributed by atoms with van der Waals surface area (Å²) in [6.07, 6.45) is 1.77. The second kappa shape index (κ2) is 6.86. The van der Waals surface area contributed by atoms with Gasteiger partial charge in [0.1, 0.15) is 0 Å². The zero-order chi connectivity index (χ0) is 10.4. The van der Waals surface area contributed by atoms with Gasteiger partial charge in [-0.3, -0.25) is 0 Å². The Hall–Kier alpha value is 0.470. The molecular weight excluding hydrogens is 315 g/mol. The summed E-state index contributed by atoms with van der Waals surface area (Å²) in [4.78, 5) is 1.87. The molecule has 0 atom stereocenters. The molecule has 0 aliphatic rings. The smallest absolute Gasteiger partial charge is 0.0170 e. The van der Waals surface area contributed by atoms with Crippen molar-refractivity contribution in [2.45, 2.75) is 26.7 Å². The largest absolute Gasteiger partial charge is 0.0892 e.